The van der Waals surface area contributed by atoms with Gasteiger partial charge in [-0.15, -0.1) is 0 Å². The molecule has 1 fully saturated rings. The number of hydrogen-bond donors (Lipinski definition) is 3. The maximum atomic E-state index is 12.1. The van der Waals surface area contributed by atoms with E-state index in [1.54, 1.807) is 6.08 Å². The summed E-state index contributed by atoms with van der Waals surface area (Å²) in [4.78, 5) is 12.1. The van der Waals surface area contributed by atoms with Crippen LogP contribution in [0.2, 0.25) is 0 Å². The number of nitrogens with one attached hydrogen (secondary N) is 2. The lowest BCUT2D eigenvalue weighted by atomic mass is 9.99. The third-order valence-electron chi connectivity index (χ3n) is 4.01. The lowest BCUT2D eigenvalue weighted by molar-refractivity contribution is 0.162. The molecular weight excluding hydrogens is 280 g/mol. The van der Waals surface area contributed by atoms with Crippen molar-refractivity contribution in [1.29, 1.82) is 0 Å². The molecule has 0 unspecified atom stereocenters. The number of carbonyl (C=O) groups excluding carboxylic acids is 1. The first-order valence-corrected chi connectivity index (χ1v) is 7.67. The number of para-hydroxylation sites is 1. The molecule has 120 valence electrons. The second kappa shape index (κ2) is 7.84. The average molecular weight is 304 g/mol. The molecule has 0 heterocycles. The zero-order valence-corrected chi connectivity index (χ0v) is 12.8. The van der Waals surface area contributed by atoms with Crippen molar-refractivity contribution in [2.75, 3.05) is 13.2 Å². The van der Waals surface area contributed by atoms with Crippen LogP contribution in [0, 0.1) is 0 Å². The predicted molar refractivity (Wildman–Crippen MR) is 85.8 cm³/mol. The fourth-order valence-corrected chi connectivity index (χ4v) is 2.77. The molecule has 0 radical (unpaired) electrons. The number of ether oxygens (including phenoxy) is 1. The number of amides is 2. The minimum atomic E-state index is -0.455. The van der Waals surface area contributed by atoms with Gasteiger partial charge in [-0.25, -0.2) is 4.79 Å². The molecule has 22 heavy (non-hydrogen) atoms. The summed E-state index contributed by atoms with van der Waals surface area (Å²) < 4.78 is 5.56. The topological polar surface area (TPSA) is 70.6 Å². The molecule has 0 atom stereocenters. The molecule has 0 spiro atoms. The minimum absolute atomic E-state index is 0.0144. The van der Waals surface area contributed by atoms with E-state index in [1.165, 1.54) is 0 Å². The third-order valence-corrected chi connectivity index (χ3v) is 4.01. The molecule has 1 aromatic rings. The van der Waals surface area contributed by atoms with Gasteiger partial charge in [0.15, 0.2) is 0 Å². The molecule has 0 aromatic heterocycles. The van der Waals surface area contributed by atoms with E-state index in [1.807, 2.05) is 24.3 Å². The lowest BCUT2D eigenvalue weighted by Gasteiger charge is -2.28. The van der Waals surface area contributed by atoms with Gasteiger partial charge >= 0.3 is 6.03 Å². The standard InChI is InChI=1S/C17H24N2O3/c1-2-11-22-15-8-4-3-7-14(15)12-18-16(21)19-17(13-20)9-5-6-10-17/h2-4,7-8,20H,1,5-6,9-13H2,(H2,18,19,21). The van der Waals surface area contributed by atoms with Crippen LogP contribution in [0.5, 0.6) is 5.75 Å². The lowest BCUT2D eigenvalue weighted by Crippen LogP contribution is -2.52. The second-order valence-electron chi connectivity index (χ2n) is 5.66. The number of benzene rings is 1. The van der Waals surface area contributed by atoms with Crippen LogP contribution in [-0.2, 0) is 6.54 Å². The van der Waals surface area contributed by atoms with Gasteiger partial charge in [0.1, 0.15) is 12.4 Å². The van der Waals surface area contributed by atoms with Gasteiger partial charge in [0.25, 0.3) is 0 Å². The Labute approximate surface area is 131 Å². The molecule has 0 bridgehead atoms. The van der Waals surface area contributed by atoms with E-state index in [-0.39, 0.29) is 12.6 Å². The summed E-state index contributed by atoms with van der Waals surface area (Å²) in [6.07, 6.45) is 5.42. The predicted octanol–water partition coefficient (Wildman–Crippen LogP) is 2.36. The Kier molecular flexibility index (Phi) is 5.83. The largest absolute Gasteiger partial charge is 0.489 e. The van der Waals surface area contributed by atoms with E-state index in [2.05, 4.69) is 17.2 Å². The van der Waals surface area contributed by atoms with Gasteiger partial charge in [0, 0.05) is 12.1 Å². The maximum absolute atomic E-state index is 12.1. The normalized spacial score (nSPS) is 16.0. The maximum Gasteiger partial charge on any atom is 0.315 e. The summed E-state index contributed by atoms with van der Waals surface area (Å²) in [6.45, 7) is 4.41. The summed E-state index contributed by atoms with van der Waals surface area (Å²) in [5, 5.41) is 15.3. The van der Waals surface area contributed by atoms with Crippen molar-refractivity contribution in [3.05, 3.63) is 42.5 Å². The van der Waals surface area contributed by atoms with Gasteiger partial charge in [0.05, 0.1) is 12.1 Å². The van der Waals surface area contributed by atoms with Gasteiger partial charge in [-0.3, -0.25) is 0 Å². The van der Waals surface area contributed by atoms with Crippen LogP contribution >= 0.6 is 0 Å². The zero-order valence-electron chi connectivity index (χ0n) is 12.8. The molecule has 1 saturated carbocycles. The Morgan fingerprint density at radius 3 is 2.77 bits per heavy atom. The monoisotopic (exact) mass is 304 g/mol. The van der Waals surface area contributed by atoms with E-state index in [0.29, 0.717) is 13.2 Å². The van der Waals surface area contributed by atoms with Gasteiger partial charge in [0.2, 0.25) is 0 Å². The molecule has 5 heteroatoms. The summed E-state index contributed by atoms with van der Waals surface area (Å²) >= 11 is 0. The van der Waals surface area contributed by atoms with Crippen molar-refractivity contribution < 1.29 is 14.6 Å². The summed E-state index contributed by atoms with van der Waals surface area (Å²) in [5.41, 5.74) is 0.451. The number of carbonyl (C=O) groups is 1. The number of aliphatic hydroxyl groups is 1. The van der Waals surface area contributed by atoms with Crippen molar-refractivity contribution in [3.8, 4) is 5.75 Å². The van der Waals surface area contributed by atoms with Gasteiger partial charge in [-0.1, -0.05) is 43.7 Å². The highest BCUT2D eigenvalue weighted by Crippen LogP contribution is 2.29. The van der Waals surface area contributed by atoms with Gasteiger partial charge in [-0.2, -0.15) is 0 Å². The van der Waals surface area contributed by atoms with Crippen molar-refractivity contribution in [2.24, 2.45) is 0 Å². The van der Waals surface area contributed by atoms with Crippen LogP contribution in [0.15, 0.2) is 36.9 Å². The number of rotatable bonds is 7. The number of urea groups is 1. The molecule has 3 N–H and O–H groups in total. The Morgan fingerprint density at radius 2 is 2.09 bits per heavy atom. The highest BCUT2D eigenvalue weighted by atomic mass is 16.5. The Hall–Kier alpha value is -2.01. The van der Waals surface area contributed by atoms with E-state index >= 15 is 0 Å². The number of aliphatic hydroxyl groups excluding tert-OH is 1. The quantitative estimate of drug-likeness (QED) is 0.677. The molecule has 2 rings (SSSR count). The highest BCUT2D eigenvalue weighted by molar-refractivity contribution is 5.75. The van der Waals surface area contributed by atoms with Crippen molar-refractivity contribution >= 4 is 6.03 Å². The van der Waals surface area contributed by atoms with E-state index in [0.717, 1.165) is 37.0 Å². The number of hydrogen-bond acceptors (Lipinski definition) is 3. The van der Waals surface area contributed by atoms with Crippen LogP contribution < -0.4 is 15.4 Å². The highest BCUT2D eigenvalue weighted by Gasteiger charge is 2.34. The molecule has 1 aliphatic carbocycles. The molecule has 5 nitrogen and oxygen atoms in total. The van der Waals surface area contributed by atoms with Crippen molar-refractivity contribution in [1.82, 2.24) is 10.6 Å². The fraction of sp³-hybridized carbons (Fsp3) is 0.471. The Bertz CT molecular complexity index is 510. The molecule has 1 aromatic carbocycles. The van der Waals surface area contributed by atoms with Crippen LogP contribution in [0.4, 0.5) is 4.79 Å². The zero-order chi connectivity index (χ0) is 15.8. The summed E-state index contributed by atoms with van der Waals surface area (Å²) in [5.74, 6) is 0.737. The van der Waals surface area contributed by atoms with E-state index in [9.17, 15) is 9.90 Å². The van der Waals surface area contributed by atoms with E-state index in [4.69, 9.17) is 4.74 Å². The van der Waals surface area contributed by atoms with Crippen molar-refractivity contribution in [2.45, 2.75) is 37.8 Å². The van der Waals surface area contributed by atoms with Crippen LogP contribution in [0.25, 0.3) is 0 Å². The summed E-state index contributed by atoms with van der Waals surface area (Å²) in [7, 11) is 0. The van der Waals surface area contributed by atoms with Crippen LogP contribution in [-0.4, -0.2) is 29.9 Å². The fourth-order valence-electron chi connectivity index (χ4n) is 2.77. The first kappa shape index (κ1) is 16.4. The Balaban J connectivity index is 1.89. The Morgan fingerprint density at radius 1 is 1.36 bits per heavy atom. The molecule has 0 saturated heterocycles. The minimum Gasteiger partial charge on any atom is -0.489 e. The van der Waals surface area contributed by atoms with E-state index < -0.39 is 5.54 Å². The smallest absolute Gasteiger partial charge is 0.315 e. The second-order valence-corrected chi connectivity index (χ2v) is 5.66. The molecular formula is C17H24N2O3. The average Bonchev–Trinajstić information content (AvgIpc) is 3.00. The molecule has 0 aliphatic heterocycles. The molecule has 1 aliphatic rings. The van der Waals surface area contributed by atoms with Crippen molar-refractivity contribution in [3.63, 3.8) is 0 Å². The van der Waals surface area contributed by atoms with Gasteiger partial charge < -0.3 is 20.5 Å². The van der Waals surface area contributed by atoms with Gasteiger partial charge in [-0.05, 0) is 18.9 Å². The molecule has 2 amide bonds. The third kappa shape index (κ3) is 4.24. The first-order chi connectivity index (χ1) is 10.7. The van der Waals surface area contributed by atoms with Crippen LogP contribution in [0.3, 0.4) is 0 Å². The first-order valence-electron chi connectivity index (χ1n) is 7.67. The SMILES string of the molecule is C=CCOc1ccccc1CNC(=O)NC1(CO)CCCC1. The van der Waals surface area contributed by atoms with Crippen LogP contribution in [0.1, 0.15) is 31.2 Å². The summed E-state index contributed by atoms with van der Waals surface area (Å²) in [6, 6.07) is 7.32.